The smallest absolute Gasteiger partial charge is 0.330 e. The van der Waals surface area contributed by atoms with E-state index in [4.69, 9.17) is 29.5 Å². The molecule has 164 valence electrons. The van der Waals surface area contributed by atoms with Crippen LogP contribution >= 0.6 is 36.2 Å². The highest BCUT2D eigenvalue weighted by molar-refractivity contribution is 8.26. The molecule has 2 aromatic heterocycles. The summed E-state index contributed by atoms with van der Waals surface area (Å²) in [7, 11) is 3.29. The SMILES string of the molecule is Cn1c(=S)c2c(ncn2Cc2ccc(/C=C3\SC(=S)N(CC(=O)O)C3=O)cc2)n(C)c1=O. The number of rotatable bonds is 5. The first kappa shape index (κ1) is 22.1. The van der Waals surface area contributed by atoms with Crippen molar-refractivity contribution in [2.24, 2.45) is 14.1 Å². The molecule has 4 rings (SSSR count). The van der Waals surface area contributed by atoms with Crippen molar-refractivity contribution in [2.45, 2.75) is 6.54 Å². The molecule has 32 heavy (non-hydrogen) atoms. The molecule has 1 aliphatic heterocycles. The van der Waals surface area contributed by atoms with E-state index in [-0.39, 0.29) is 10.0 Å². The summed E-state index contributed by atoms with van der Waals surface area (Å²) >= 11 is 11.7. The minimum absolute atomic E-state index is 0.231. The number of benzene rings is 1. The molecular weight excluding hydrogens is 470 g/mol. The lowest BCUT2D eigenvalue weighted by molar-refractivity contribution is -0.140. The van der Waals surface area contributed by atoms with Gasteiger partial charge in [0.1, 0.15) is 21.0 Å². The van der Waals surface area contributed by atoms with E-state index in [0.29, 0.717) is 27.3 Å². The van der Waals surface area contributed by atoms with Crippen molar-refractivity contribution in [2.75, 3.05) is 6.54 Å². The third kappa shape index (κ3) is 3.92. The first-order valence-electron chi connectivity index (χ1n) is 9.34. The fourth-order valence-electron chi connectivity index (χ4n) is 3.36. The summed E-state index contributed by atoms with van der Waals surface area (Å²) < 4.78 is 5.42. The van der Waals surface area contributed by atoms with Crippen molar-refractivity contribution in [1.29, 1.82) is 0 Å². The number of imidazole rings is 1. The molecule has 0 aliphatic carbocycles. The molecule has 0 bridgehead atoms. The lowest BCUT2D eigenvalue weighted by Crippen LogP contribution is -2.33. The van der Waals surface area contributed by atoms with Gasteiger partial charge in [0, 0.05) is 20.6 Å². The van der Waals surface area contributed by atoms with Crippen LogP contribution < -0.4 is 5.69 Å². The molecule has 12 heteroatoms. The van der Waals surface area contributed by atoms with Crippen LogP contribution in [-0.2, 0) is 30.2 Å². The van der Waals surface area contributed by atoms with Crippen LogP contribution in [0, 0.1) is 4.64 Å². The second kappa shape index (κ2) is 8.45. The van der Waals surface area contributed by atoms with Crippen molar-refractivity contribution < 1.29 is 14.7 Å². The summed E-state index contributed by atoms with van der Waals surface area (Å²) in [5, 5.41) is 8.94. The number of hydrogen-bond donors (Lipinski definition) is 1. The van der Waals surface area contributed by atoms with Gasteiger partial charge in [0.15, 0.2) is 5.65 Å². The summed E-state index contributed by atoms with van der Waals surface area (Å²) in [5.41, 5.74) is 2.77. The Kier molecular flexibility index (Phi) is 5.84. The molecule has 1 aliphatic rings. The van der Waals surface area contributed by atoms with Crippen molar-refractivity contribution in [3.63, 3.8) is 0 Å². The molecule has 1 N–H and O–H groups in total. The second-order valence-electron chi connectivity index (χ2n) is 7.15. The Morgan fingerprint density at radius 2 is 1.84 bits per heavy atom. The van der Waals surface area contributed by atoms with Crippen molar-refractivity contribution in [1.82, 2.24) is 23.6 Å². The number of thioether (sulfide) groups is 1. The lowest BCUT2D eigenvalue weighted by Gasteiger charge is -2.10. The quantitative estimate of drug-likeness (QED) is 0.431. The van der Waals surface area contributed by atoms with Crippen LogP contribution in [0.15, 0.2) is 40.3 Å². The van der Waals surface area contributed by atoms with Crippen molar-refractivity contribution in [3.05, 3.63) is 61.7 Å². The van der Waals surface area contributed by atoms with Gasteiger partial charge in [-0.15, -0.1) is 0 Å². The van der Waals surface area contributed by atoms with E-state index in [1.165, 1.54) is 9.13 Å². The first-order valence-corrected chi connectivity index (χ1v) is 11.0. The molecule has 0 spiro atoms. The summed E-state index contributed by atoms with van der Waals surface area (Å²) in [6.07, 6.45) is 3.34. The molecule has 1 aromatic carbocycles. The van der Waals surface area contributed by atoms with Crippen LogP contribution in [0.2, 0.25) is 0 Å². The van der Waals surface area contributed by atoms with E-state index in [2.05, 4.69) is 4.98 Å². The monoisotopic (exact) mass is 487 g/mol. The van der Waals surface area contributed by atoms with Gasteiger partial charge in [-0.3, -0.25) is 23.6 Å². The number of fused-ring (bicyclic) bond motifs is 1. The fourth-order valence-corrected chi connectivity index (χ4v) is 4.90. The predicted molar refractivity (Wildman–Crippen MR) is 128 cm³/mol. The Bertz CT molecular complexity index is 1430. The predicted octanol–water partition coefficient (Wildman–Crippen LogP) is 2.14. The number of carboxylic acid groups (broad SMARTS) is 1. The van der Waals surface area contributed by atoms with Gasteiger partial charge in [0.25, 0.3) is 5.91 Å². The van der Waals surface area contributed by atoms with E-state index >= 15 is 0 Å². The maximum atomic E-state index is 12.4. The largest absolute Gasteiger partial charge is 0.480 e. The molecule has 3 heterocycles. The molecule has 3 aromatic rings. The van der Waals surface area contributed by atoms with Crippen LogP contribution in [0.4, 0.5) is 0 Å². The Morgan fingerprint density at radius 3 is 2.50 bits per heavy atom. The summed E-state index contributed by atoms with van der Waals surface area (Å²) in [4.78, 5) is 41.3. The van der Waals surface area contributed by atoms with Gasteiger partial charge >= 0.3 is 11.7 Å². The van der Waals surface area contributed by atoms with Gasteiger partial charge in [-0.05, 0) is 17.2 Å². The molecular formula is C20H17N5O4S3. The van der Waals surface area contributed by atoms with Gasteiger partial charge in [0.05, 0.1) is 11.2 Å². The third-order valence-electron chi connectivity index (χ3n) is 5.01. The van der Waals surface area contributed by atoms with Gasteiger partial charge in [-0.25, -0.2) is 9.78 Å². The van der Waals surface area contributed by atoms with Crippen LogP contribution in [0.1, 0.15) is 11.1 Å². The number of carbonyl (C=O) groups is 2. The number of aromatic nitrogens is 4. The van der Waals surface area contributed by atoms with E-state index in [1.807, 2.05) is 28.8 Å². The zero-order valence-corrected chi connectivity index (χ0v) is 19.5. The number of carbonyl (C=O) groups excluding carboxylic acids is 1. The number of amides is 1. The van der Waals surface area contributed by atoms with E-state index in [1.54, 1.807) is 26.5 Å². The van der Waals surface area contributed by atoms with Crippen LogP contribution in [-0.4, -0.2) is 51.4 Å². The third-order valence-corrected chi connectivity index (χ3v) is 6.86. The fraction of sp³-hybridized carbons (Fsp3) is 0.200. The highest BCUT2D eigenvalue weighted by atomic mass is 32.2. The van der Waals surface area contributed by atoms with Crippen LogP contribution in [0.25, 0.3) is 17.2 Å². The Labute approximate surface area is 196 Å². The normalized spacial score (nSPS) is 15.3. The molecule has 0 radical (unpaired) electrons. The molecule has 1 fully saturated rings. The number of aliphatic carboxylic acids is 1. The second-order valence-corrected chi connectivity index (χ2v) is 9.22. The van der Waals surface area contributed by atoms with Crippen LogP contribution in [0.5, 0.6) is 0 Å². The topological polar surface area (TPSA) is 102 Å². The summed E-state index contributed by atoms with van der Waals surface area (Å²) in [6.45, 7) is 0.0490. The van der Waals surface area contributed by atoms with Crippen molar-refractivity contribution >= 4 is 69.6 Å². The lowest BCUT2D eigenvalue weighted by atomic mass is 10.1. The number of thiocarbonyl (C=S) groups is 1. The molecule has 9 nitrogen and oxygen atoms in total. The van der Waals surface area contributed by atoms with Gasteiger partial charge in [-0.2, -0.15) is 0 Å². The van der Waals surface area contributed by atoms with Crippen LogP contribution in [0.3, 0.4) is 0 Å². The van der Waals surface area contributed by atoms with E-state index in [0.717, 1.165) is 27.8 Å². The van der Waals surface area contributed by atoms with Gasteiger partial charge < -0.3 is 9.67 Å². The number of aryl methyl sites for hydroxylation is 1. The molecule has 0 atom stereocenters. The average molecular weight is 488 g/mol. The zero-order valence-electron chi connectivity index (χ0n) is 17.0. The Morgan fingerprint density at radius 1 is 1.16 bits per heavy atom. The van der Waals surface area contributed by atoms with E-state index in [9.17, 15) is 14.4 Å². The molecule has 0 saturated carbocycles. The number of nitrogens with zero attached hydrogens (tertiary/aromatic N) is 5. The standard InChI is InChI=1S/C20H17N5O4S3/c1-22-16-15(18(30)23(2)19(22)29)24(10-21-16)8-12-5-3-11(4-6-12)7-13-17(28)25(9-14(26)27)20(31)32-13/h3-7,10H,8-9H2,1-2H3,(H,26,27)/b13-7-. The molecule has 1 saturated heterocycles. The van der Waals surface area contributed by atoms with E-state index < -0.39 is 18.4 Å². The maximum absolute atomic E-state index is 12.4. The van der Waals surface area contributed by atoms with Gasteiger partial charge in [0.2, 0.25) is 0 Å². The highest BCUT2D eigenvalue weighted by Gasteiger charge is 2.33. The minimum atomic E-state index is -1.12. The number of carboxylic acids is 1. The average Bonchev–Trinajstić information content (AvgIpc) is 3.28. The minimum Gasteiger partial charge on any atom is -0.480 e. The summed E-state index contributed by atoms with van der Waals surface area (Å²) in [5.74, 6) is -1.53. The Balaban J connectivity index is 1.58. The van der Waals surface area contributed by atoms with Gasteiger partial charge in [-0.1, -0.05) is 60.5 Å². The Hall–Kier alpha value is -3.09. The first-order chi connectivity index (χ1) is 15.2. The van der Waals surface area contributed by atoms with Crippen molar-refractivity contribution in [3.8, 4) is 0 Å². The maximum Gasteiger partial charge on any atom is 0.330 e. The summed E-state index contributed by atoms with van der Waals surface area (Å²) in [6, 6.07) is 7.56. The highest BCUT2D eigenvalue weighted by Crippen LogP contribution is 2.32. The molecule has 1 amide bonds. The molecule has 0 unspecified atom stereocenters. The zero-order chi connectivity index (χ0) is 23.2. The number of hydrogen-bond acceptors (Lipinski definition) is 7.